The quantitative estimate of drug-likeness (QED) is 0.519. The lowest BCUT2D eigenvalue weighted by molar-refractivity contribution is -0.138. The van der Waals surface area contributed by atoms with Crippen LogP contribution in [-0.2, 0) is 11.3 Å². The summed E-state index contributed by atoms with van der Waals surface area (Å²) in [5.74, 6) is 0.400. The normalized spacial score (nSPS) is 17.6. The Bertz CT molecular complexity index is 1260. The van der Waals surface area contributed by atoms with Crippen LogP contribution < -0.4 is 10.1 Å². The minimum Gasteiger partial charge on any atom is -0.486 e. The van der Waals surface area contributed by atoms with Crippen LogP contribution in [0.15, 0.2) is 30.7 Å². The highest BCUT2D eigenvalue weighted by molar-refractivity contribution is 5.77. The fourth-order valence-corrected chi connectivity index (χ4v) is 3.78. The van der Waals surface area contributed by atoms with E-state index < -0.39 is 24.8 Å². The molecule has 0 bridgehead atoms. The molecule has 0 saturated carbocycles. The Morgan fingerprint density at radius 3 is 2.91 bits per heavy atom. The molecule has 4 rings (SSSR count). The van der Waals surface area contributed by atoms with Gasteiger partial charge in [-0.3, -0.25) is 9.48 Å². The molecular formula is C23H25FN8O3. The van der Waals surface area contributed by atoms with E-state index in [1.807, 2.05) is 20.0 Å². The maximum atomic E-state index is 14.6. The van der Waals surface area contributed by atoms with Gasteiger partial charge in [0.25, 0.3) is 0 Å². The highest BCUT2D eigenvalue weighted by Crippen LogP contribution is 2.28. The Morgan fingerprint density at radius 1 is 1.40 bits per heavy atom. The maximum absolute atomic E-state index is 14.6. The molecule has 1 aliphatic rings. The van der Waals surface area contributed by atoms with E-state index in [1.165, 1.54) is 11.2 Å². The third kappa shape index (κ3) is 5.36. The summed E-state index contributed by atoms with van der Waals surface area (Å²) in [6.45, 7) is 4.05. The van der Waals surface area contributed by atoms with Gasteiger partial charge in [0.05, 0.1) is 23.5 Å². The van der Waals surface area contributed by atoms with E-state index in [1.54, 1.807) is 22.9 Å². The molecule has 2 aromatic heterocycles. The summed E-state index contributed by atoms with van der Waals surface area (Å²) in [4.78, 5) is 25.7. The molecule has 0 spiro atoms. The lowest BCUT2D eigenvalue weighted by Crippen LogP contribution is -2.50. The van der Waals surface area contributed by atoms with Crippen molar-refractivity contribution in [3.05, 3.63) is 42.0 Å². The van der Waals surface area contributed by atoms with Gasteiger partial charge in [0, 0.05) is 31.3 Å². The number of aliphatic hydroxyl groups excluding tert-OH is 1. The molecule has 1 aliphatic heterocycles. The number of carbonyl (C=O) groups is 1. The number of benzene rings is 1. The average molecular weight is 481 g/mol. The van der Waals surface area contributed by atoms with Crippen LogP contribution in [0.25, 0.3) is 11.4 Å². The molecule has 2 atom stereocenters. The smallest absolute Gasteiger partial charge is 0.248 e. The van der Waals surface area contributed by atoms with Crippen molar-refractivity contribution < 1.29 is 19.0 Å². The third-order valence-corrected chi connectivity index (χ3v) is 5.69. The summed E-state index contributed by atoms with van der Waals surface area (Å²) < 4.78 is 22.2. The minimum atomic E-state index is -1.44. The Balaban J connectivity index is 1.50. The van der Waals surface area contributed by atoms with Crippen molar-refractivity contribution in [3.63, 3.8) is 0 Å². The van der Waals surface area contributed by atoms with Crippen molar-refractivity contribution >= 4 is 17.5 Å². The zero-order chi connectivity index (χ0) is 24.9. The number of aromatic nitrogens is 5. The number of anilines is 2. The number of aliphatic hydroxyl groups is 1. The maximum Gasteiger partial charge on any atom is 0.248 e. The van der Waals surface area contributed by atoms with Gasteiger partial charge in [0.15, 0.2) is 12.0 Å². The van der Waals surface area contributed by atoms with Gasteiger partial charge in [-0.25, -0.2) is 14.4 Å². The van der Waals surface area contributed by atoms with Crippen molar-refractivity contribution in [1.82, 2.24) is 29.6 Å². The van der Waals surface area contributed by atoms with E-state index in [-0.39, 0.29) is 30.8 Å². The van der Waals surface area contributed by atoms with E-state index >= 15 is 0 Å². The van der Waals surface area contributed by atoms with Crippen molar-refractivity contribution in [1.29, 1.82) is 5.26 Å². The number of halogens is 1. The molecule has 1 fully saturated rings. The zero-order valence-electron chi connectivity index (χ0n) is 19.3. The van der Waals surface area contributed by atoms with E-state index in [2.05, 4.69) is 31.4 Å². The summed E-state index contributed by atoms with van der Waals surface area (Å²) in [5.41, 5.74) is 2.36. The number of nitrogens with zero attached hydrogens (tertiary/aromatic N) is 7. The molecule has 0 radical (unpaired) electrons. The predicted molar refractivity (Wildman–Crippen MR) is 123 cm³/mol. The molecule has 3 heterocycles. The largest absolute Gasteiger partial charge is 0.486 e. The van der Waals surface area contributed by atoms with Crippen LogP contribution in [0.5, 0.6) is 5.75 Å². The van der Waals surface area contributed by atoms with Crippen LogP contribution in [0.3, 0.4) is 0 Å². The third-order valence-electron chi connectivity index (χ3n) is 5.69. The topological polar surface area (TPSA) is 142 Å². The standard InChI is InChI=1S/C23H25FN8O3/c1-3-32-11-18(14(2)30-32)28-23-27-13-26-22(29-23)15-4-5-19(16(8-15)9-25)35-20-6-7-31(10-17(20)24)21(34)12-33/h4-5,8,11,13,17,20,33H,3,6-7,10,12H2,1-2H3,(H,26,27,28,29)/t17-,20?/m1/s1. The fourth-order valence-electron chi connectivity index (χ4n) is 3.78. The summed E-state index contributed by atoms with van der Waals surface area (Å²) >= 11 is 0. The predicted octanol–water partition coefficient (Wildman–Crippen LogP) is 1.99. The van der Waals surface area contributed by atoms with E-state index in [0.29, 0.717) is 17.3 Å². The van der Waals surface area contributed by atoms with Crippen LogP contribution in [0, 0.1) is 18.3 Å². The summed E-state index contributed by atoms with van der Waals surface area (Å²) in [5, 5.41) is 26.1. The minimum absolute atomic E-state index is 0.165. The number of piperidine rings is 1. The molecule has 182 valence electrons. The Morgan fingerprint density at radius 2 is 2.23 bits per heavy atom. The van der Waals surface area contributed by atoms with Crippen molar-refractivity contribution in [2.45, 2.75) is 39.1 Å². The number of amides is 1. The first-order valence-electron chi connectivity index (χ1n) is 11.2. The Hall–Kier alpha value is -4.11. The van der Waals surface area contributed by atoms with Crippen molar-refractivity contribution in [2.24, 2.45) is 0 Å². The van der Waals surface area contributed by atoms with Crippen LogP contribution >= 0.6 is 0 Å². The van der Waals surface area contributed by atoms with E-state index in [9.17, 15) is 14.4 Å². The Labute approximate surface area is 201 Å². The number of likely N-dealkylation sites (tertiary alicyclic amines) is 1. The van der Waals surface area contributed by atoms with E-state index in [0.717, 1.165) is 17.9 Å². The van der Waals surface area contributed by atoms with Gasteiger partial charge in [-0.15, -0.1) is 0 Å². The van der Waals surface area contributed by atoms with Crippen molar-refractivity contribution in [2.75, 3.05) is 25.0 Å². The van der Waals surface area contributed by atoms with Crippen LogP contribution in [0.2, 0.25) is 0 Å². The molecule has 1 amide bonds. The number of hydrogen-bond acceptors (Lipinski definition) is 9. The second-order valence-electron chi connectivity index (χ2n) is 8.02. The van der Waals surface area contributed by atoms with Crippen molar-refractivity contribution in [3.8, 4) is 23.2 Å². The number of nitrogens with one attached hydrogen (secondary N) is 1. The summed E-state index contributed by atoms with van der Waals surface area (Å²) in [6.07, 6.45) is 1.23. The number of ether oxygens (including phenoxy) is 1. The lowest BCUT2D eigenvalue weighted by Gasteiger charge is -2.34. The first-order valence-corrected chi connectivity index (χ1v) is 11.2. The first kappa shape index (κ1) is 24.0. The van der Waals surface area contributed by atoms with Crippen LogP contribution in [0.1, 0.15) is 24.6 Å². The SMILES string of the molecule is CCn1cc(Nc2ncnc(-c3ccc(OC4CCN(C(=O)CO)C[C@H]4F)c(C#N)c3)n2)c(C)n1. The van der Waals surface area contributed by atoms with Gasteiger partial charge in [-0.05, 0) is 32.0 Å². The Kier molecular flexibility index (Phi) is 7.17. The van der Waals surface area contributed by atoms with Gasteiger partial charge < -0.3 is 20.1 Å². The number of hydrogen-bond donors (Lipinski definition) is 2. The number of carbonyl (C=O) groups excluding carboxylic acids is 1. The number of aryl methyl sites for hydroxylation is 2. The molecule has 35 heavy (non-hydrogen) atoms. The van der Waals surface area contributed by atoms with E-state index in [4.69, 9.17) is 9.84 Å². The first-order chi connectivity index (χ1) is 16.9. The summed E-state index contributed by atoms with van der Waals surface area (Å²) in [6, 6.07) is 6.92. The molecule has 2 N–H and O–H groups in total. The van der Waals surface area contributed by atoms with Gasteiger partial charge in [-0.2, -0.15) is 15.3 Å². The van der Waals surface area contributed by atoms with Gasteiger partial charge >= 0.3 is 0 Å². The number of rotatable bonds is 7. The zero-order valence-corrected chi connectivity index (χ0v) is 19.3. The van der Waals surface area contributed by atoms with Crippen LogP contribution in [0.4, 0.5) is 16.0 Å². The monoisotopic (exact) mass is 480 g/mol. The number of nitriles is 1. The van der Waals surface area contributed by atoms with Gasteiger partial charge in [0.2, 0.25) is 11.9 Å². The highest BCUT2D eigenvalue weighted by atomic mass is 19.1. The average Bonchev–Trinajstić information content (AvgIpc) is 3.24. The molecule has 12 heteroatoms. The molecular weight excluding hydrogens is 455 g/mol. The molecule has 1 saturated heterocycles. The highest BCUT2D eigenvalue weighted by Gasteiger charge is 2.33. The molecule has 0 aliphatic carbocycles. The summed E-state index contributed by atoms with van der Waals surface area (Å²) in [7, 11) is 0. The molecule has 1 aromatic carbocycles. The number of alkyl halides is 1. The molecule has 3 aromatic rings. The molecule has 1 unspecified atom stereocenters. The second kappa shape index (κ2) is 10.4. The lowest BCUT2D eigenvalue weighted by atomic mass is 10.0. The van der Waals surface area contributed by atoms with Crippen LogP contribution in [-0.4, -0.2) is 72.6 Å². The molecule has 11 nitrogen and oxygen atoms in total. The van der Waals surface area contributed by atoms with Gasteiger partial charge in [0.1, 0.15) is 30.9 Å². The second-order valence-corrected chi connectivity index (χ2v) is 8.02. The fraction of sp³-hybridized carbons (Fsp3) is 0.391. The van der Waals surface area contributed by atoms with Gasteiger partial charge in [-0.1, -0.05) is 0 Å².